The second kappa shape index (κ2) is 5.98. The van der Waals surface area contributed by atoms with E-state index in [1.165, 1.54) is 32.1 Å². The lowest BCUT2D eigenvalue weighted by Crippen LogP contribution is -2.26. The summed E-state index contributed by atoms with van der Waals surface area (Å²) in [7, 11) is 1.67. The van der Waals surface area contributed by atoms with Crippen LogP contribution in [-0.4, -0.2) is 13.2 Å². The molecule has 2 atom stereocenters. The van der Waals surface area contributed by atoms with Gasteiger partial charge in [-0.15, -0.1) is 0 Å². The van der Waals surface area contributed by atoms with Crippen LogP contribution in [0.3, 0.4) is 0 Å². The zero-order valence-electron chi connectivity index (χ0n) is 11.4. The molecule has 2 unspecified atom stereocenters. The molecular formula is C15H24N2O. The van der Waals surface area contributed by atoms with Crippen molar-refractivity contribution in [3.05, 3.63) is 18.2 Å². The first-order chi connectivity index (χ1) is 8.69. The molecule has 1 aliphatic rings. The van der Waals surface area contributed by atoms with Gasteiger partial charge in [0.2, 0.25) is 0 Å². The second-order valence-electron chi connectivity index (χ2n) is 5.36. The monoisotopic (exact) mass is 248 g/mol. The fourth-order valence-electron chi connectivity index (χ4n) is 2.74. The predicted octanol–water partition coefficient (Wildman–Crippen LogP) is 3.66. The standard InChI is InChI=1S/C15H24N2O/c1-11-6-4-3-5-7-15(11)17-13-8-12(16)9-14(10-13)18-2/h8-11,15,17H,3-7,16H2,1-2H3. The van der Waals surface area contributed by atoms with E-state index in [1.807, 2.05) is 18.2 Å². The van der Waals surface area contributed by atoms with Gasteiger partial charge in [-0.1, -0.05) is 26.2 Å². The Bertz CT molecular complexity index is 392. The number of rotatable bonds is 3. The Morgan fingerprint density at radius 3 is 2.72 bits per heavy atom. The number of ether oxygens (including phenoxy) is 1. The maximum absolute atomic E-state index is 5.89. The molecule has 0 radical (unpaired) electrons. The molecule has 3 nitrogen and oxygen atoms in total. The van der Waals surface area contributed by atoms with Crippen LogP contribution in [0.15, 0.2) is 18.2 Å². The largest absolute Gasteiger partial charge is 0.497 e. The van der Waals surface area contributed by atoms with Crippen molar-refractivity contribution in [1.29, 1.82) is 0 Å². The minimum absolute atomic E-state index is 0.555. The molecule has 0 bridgehead atoms. The molecule has 0 aliphatic heterocycles. The SMILES string of the molecule is COc1cc(N)cc(NC2CCCCCC2C)c1. The van der Waals surface area contributed by atoms with Crippen LogP contribution in [0.25, 0.3) is 0 Å². The third-order valence-corrected chi connectivity index (χ3v) is 3.88. The Kier molecular flexibility index (Phi) is 4.34. The quantitative estimate of drug-likeness (QED) is 0.634. The van der Waals surface area contributed by atoms with E-state index in [4.69, 9.17) is 10.5 Å². The molecule has 1 fully saturated rings. The third-order valence-electron chi connectivity index (χ3n) is 3.88. The molecule has 2 rings (SSSR count). The summed E-state index contributed by atoms with van der Waals surface area (Å²) in [5, 5.41) is 3.63. The Balaban J connectivity index is 2.09. The summed E-state index contributed by atoms with van der Waals surface area (Å²) in [5.41, 5.74) is 7.71. The molecule has 3 N–H and O–H groups in total. The van der Waals surface area contributed by atoms with Gasteiger partial charge in [0.05, 0.1) is 7.11 Å². The molecule has 1 aliphatic carbocycles. The molecule has 18 heavy (non-hydrogen) atoms. The van der Waals surface area contributed by atoms with E-state index in [0.29, 0.717) is 6.04 Å². The predicted molar refractivity (Wildman–Crippen MR) is 77.1 cm³/mol. The molecule has 1 aromatic carbocycles. The maximum atomic E-state index is 5.89. The molecular weight excluding hydrogens is 224 g/mol. The molecule has 0 heterocycles. The van der Waals surface area contributed by atoms with Gasteiger partial charge in [-0.25, -0.2) is 0 Å². The van der Waals surface area contributed by atoms with Crippen LogP contribution < -0.4 is 15.8 Å². The Morgan fingerprint density at radius 1 is 1.17 bits per heavy atom. The van der Waals surface area contributed by atoms with Crippen LogP contribution >= 0.6 is 0 Å². The van der Waals surface area contributed by atoms with Crippen molar-refractivity contribution in [2.45, 2.75) is 45.1 Å². The minimum Gasteiger partial charge on any atom is -0.497 e. The molecule has 1 saturated carbocycles. The van der Waals surface area contributed by atoms with Gasteiger partial charge in [0.15, 0.2) is 0 Å². The lowest BCUT2D eigenvalue weighted by Gasteiger charge is -2.24. The number of hydrogen-bond donors (Lipinski definition) is 2. The van der Waals surface area contributed by atoms with Crippen molar-refractivity contribution < 1.29 is 4.74 Å². The third kappa shape index (κ3) is 3.31. The summed E-state index contributed by atoms with van der Waals surface area (Å²) in [4.78, 5) is 0. The first-order valence-corrected chi connectivity index (χ1v) is 6.90. The molecule has 100 valence electrons. The van der Waals surface area contributed by atoms with E-state index < -0.39 is 0 Å². The van der Waals surface area contributed by atoms with E-state index >= 15 is 0 Å². The molecule has 1 aromatic rings. The fourth-order valence-corrected chi connectivity index (χ4v) is 2.74. The van der Waals surface area contributed by atoms with Crippen molar-refractivity contribution in [2.24, 2.45) is 5.92 Å². The molecule has 0 saturated heterocycles. The van der Waals surface area contributed by atoms with E-state index in [1.54, 1.807) is 7.11 Å². The van der Waals surface area contributed by atoms with Crippen molar-refractivity contribution in [3.63, 3.8) is 0 Å². The number of hydrogen-bond acceptors (Lipinski definition) is 3. The van der Waals surface area contributed by atoms with Gasteiger partial charge >= 0.3 is 0 Å². The normalized spacial score (nSPS) is 24.3. The zero-order chi connectivity index (χ0) is 13.0. The van der Waals surface area contributed by atoms with Gasteiger partial charge in [-0.3, -0.25) is 0 Å². The summed E-state index contributed by atoms with van der Waals surface area (Å²) in [6.07, 6.45) is 6.61. The van der Waals surface area contributed by atoms with E-state index in [0.717, 1.165) is 23.0 Å². The van der Waals surface area contributed by atoms with Crippen LogP contribution in [0.1, 0.15) is 39.0 Å². The van der Waals surface area contributed by atoms with Gasteiger partial charge < -0.3 is 15.8 Å². The number of nitrogens with two attached hydrogens (primary N) is 1. The van der Waals surface area contributed by atoms with Gasteiger partial charge in [0.1, 0.15) is 5.75 Å². The molecule has 0 aromatic heterocycles. The van der Waals surface area contributed by atoms with E-state index in [2.05, 4.69) is 12.2 Å². The lowest BCUT2D eigenvalue weighted by atomic mass is 9.96. The van der Waals surface area contributed by atoms with Gasteiger partial charge in [-0.05, 0) is 24.8 Å². The highest BCUT2D eigenvalue weighted by Gasteiger charge is 2.19. The highest BCUT2D eigenvalue weighted by atomic mass is 16.5. The number of nitrogen functional groups attached to an aromatic ring is 1. The van der Waals surface area contributed by atoms with Crippen LogP contribution in [0.4, 0.5) is 11.4 Å². The van der Waals surface area contributed by atoms with Gasteiger partial charge in [0, 0.05) is 29.5 Å². The summed E-state index contributed by atoms with van der Waals surface area (Å²) in [5.74, 6) is 1.54. The fraction of sp³-hybridized carbons (Fsp3) is 0.600. The molecule has 0 amide bonds. The van der Waals surface area contributed by atoms with Crippen molar-refractivity contribution in [1.82, 2.24) is 0 Å². The minimum atomic E-state index is 0.555. The summed E-state index contributed by atoms with van der Waals surface area (Å²) in [6, 6.07) is 6.41. The average Bonchev–Trinajstić information content (AvgIpc) is 2.54. The molecule has 3 heteroatoms. The average molecular weight is 248 g/mol. The first-order valence-electron chi connectivity index (χ1n) is 6.90. The van der Waals surface area contributed by atoms with Crippen molar-refractivity contribution in [3.8, 4) is 5.75 Å². The summed E-state index contributed by atoms with van der Waals surface area (Å²) < 4.78 is 5.26. The number of nitrogens with one attached hydrogen (secondary N) is 1. The Hall–Kier alpha value is -1.38. The second-order valence-corrected chi connectivity index (χ2v) is 5.36. The number of methoxy groups -OCH3 is 1. The highest BCUT2D eigenvalue weighted by Crippen LogP contribution is 2.28. The lowest BCUT2D eigenvalue weighted by molar-refractivity contribution is 0.414. The summed E-state index contributed by atoms with van der Waals surface area (Å²) in [6.45, 7) is 2.34. The Labute approximate surface area is 110 Å². The molecule has 0 spiro atoms. The Morgan fingerprint density at radius 2 is 1.94 bits per heavy atom. The topological polar surface area (TPSA) is 47.3 Å². The first kappa shape index (κ1) is 13.1. The summed E-state index contributed by atoms with van der Waals surface area (Å²) >= 11 is 0. The zero-order valence-corrected chi connectivity index (χ0v) is 11.4. The van der Waals surface area contributed by atoms with E-state index in [-0.39, 0.29) is 0 Å². The van der Waals surface area contributed by atoms with Crippen LogP contribution in [0.2, 0.25) is 0 Å². The highest BCUT2D eigenvalue weighted by molar-refractivity contribution is 5.59. The number of anilines is 2. The van der Waals surface area contributed by atoms with E-state index in [9.17, 15) is 0 Å². The van der Waals surface area contributed by atoms with Crippen LogP contribution in [0, 0.1) is 5.92 Å². The maximum Gasteiger partial charge on any atom is 0.122 e. The number of benzene rings is 1. The van der Waals surface area contributed by atoms with Gasteiger partial charge in [-0.2, -0.15) is 0 Å². The van der Waals surface area contributed by atoms with Crippen molar-refractivity contribution >= 4 is 11.4 Å². The van der Waals surface area contributed by atoms with Crippen LogP contribution in [-0.2, 0) is 0 Å². The van der Waals surface area contributed by atoms with Crippen LogP contribution in [0.5, 0.6) is 5.75 Å². The van der Waals surface area contributed by atoms with Gasteiger partial charge in [0.25, 0.3) is 0 Å². The van der Waals surface area contributed by atoms with Crippen molar-refractivity contribution in [2.75, 3.05) is 18.2 Å². The smallest absolute Gasteiger partial charge is 0.122 e.